The van der Waals surface area contributed by atoms with E-state index in [9.17, 15) is 4.57 Å². The molecule has 0 unspecified atom stereocenters. The van der Waals surface area contributed by atoms with Crippen LogP contribution in [0.5, 0.6) is 0 Å². The minimum atomic E-state index is -2.20. The van der Waals surface area contributed by atoms with E-state index >= 15 is 0 Å². The largest absolute Gasteiger partial charge is 0.319 e. The van der Waals surface area contributed by atoms with Crippen LogP contribution < -0.4 is 0 Å². The van der Waals surface area contributed by atoms with Gasteiger partial charge in [-0.2, -0.15) is 0 Å². The highest BCUT2D eigenvalue weighted by atomic mass is 31.1. The molecule has 0 aliphatic carbocycles. The third-order valence-electron chi connectivity index (χ3n) is 2.75. The third-order valence-corrected chi connectivity index (χ3v) is 3.63. The Hall–Kier alpha value is 0.150. The minimum Gasteiger partial charge on any atom is -0.311 e. The fourth-order valence-corrected chi connectivity index (χ4v) is 1.76. The molecule has 0 saturated heterocycles. The van der Waals surface area contributed by atoms with Gasteiger partial charge in [0.1, 0.15) is 0 Å². The van der Waals surface area contributed by atoms with Crippen molar-refractivity contribution in [1.82, 2.24) is 0 Å². The van der Waals surface area contributed by atoms with Crippen LogP contribution in [0.15, 0.2) is 0 Å². The van der Waals surface area contributed by atoms with Crippen molar-refractivity contribution in [1.29, 1.82) is 0 Å². The smallest absolute Gasteiger partial charge is 0.311 e. The molecule has 0 aliphatic rings. The molecule has 0 aromatic heterocycles. The van der Waals surface area contributed by atoms with Crippen LogP contribution >= 0.6 is 8.25 Å². The number of rotatable bonds is 11. The molecule has 0 amide bonds. The van der Waals surface area contributed by atoms with E-state index in [1.165, 1.54) is 6.42 Å². The summed E-state index contributed by atoms with van der Waals surface area (Å²) in [7, 11) is -2.20. The molecular weight excluding hydrogens is 259 g/mol. The summed E-state index contributed by atoms with van der Waals surface area (Å²) in [6, 6.07) is 0. The molecule has 19 heavy (non-hydrogen) atoms. The van der Waals surface area contributed by atoms with Crippen molar-refractivity contribution in [2.45, 2.75) is 79.6 Å². The molecule has 4 heteroatoms. The lowest BCUT2D eigenvalue weighted by Crippen LogP contribution is -1.91. The molecule has 118 valence electrons. The second-order valence-corrected chi connectivity index (χ2v) is 6.24. The van der Waals surface area contributed by atoms with E-state index in [1.54, 1.807) is 0 Å². The number of hydrogen-bond donors (Lipinski definition) is 0. The highest BCUT2D eigenvalue weighted by Crippen LogP contribution is 2.24. The zero-order chi connectivity index (χ0) is 14.9. The quantitative estimate of drug-likeness (QED) is 0.354. The maximum Gasteiger partial charge on any atom is 0.319 e. The van der Waals surface area contributed by atoms with Gasteiger partial charge >= 0.3 is 8.25 Å². The van der Waals surface area contributed by atoms with Gasteiger partial charge in [-0.25, -0.2) is 0 Å². The molecule has 0 N–H and O–H groups in total. The van der Waals surface area contributed by atoms with Gasteiger partial charge in [0.25, 0.3) is 0 Å². The lowest BCUT2D eigenvalue weighted by Gasteiger charge is -2.04. The first-order valence-corrected chi connectivity index (χ1v) is 9.10. The fraction of sp³-hybridized carbons (Fsp3) is 1.00. The Morgan fingerprint density at radius 3 is 1.47 bits per heavy atom. The molecule has 0 aromatic carbocycles. The zero-order valence-electron chi connectivity index (χ0n) is 13.7. The predicted molar refractivity (Wildman–Crippen MR) is 85.1 cm³/mol. The summed E-state index contributed by atoms with van der Waals surface area (Å²) in [5, 5.41) is 0. The topological polar surface area (TPSA) is 35.5 Å². The molecule has 0 aliphatic heterocycles. The van der Waals surface area contributed by atoms with E-state index in [-0.39, 0.29) is 0 Å². The molecule has 0 spiro atoms. The van der Waals surface area contributed by atoms with Crippen LogP contribution in [0.2, 0.25) is 0 Å². The Kier molecular flexibility index (Phi) is 20.5. The number of hydrogen-bond acceptors (Lipinski definition) is 3. The Morgan fingerprint density at radius 1 is 0.842 bits per heavy atom. The number of unbranched alkanes of at least 4 members (excludes halogenated alkanes) is 4. The third kappa shape index (κ3) is 23.6. The van der Waals surface area contributed by atoms with Crippen LogP contribution in [0.4, 0.5) is 0 Å². The summed E-state index contributed by atoms with van der Waals surface area (Å²) in [6.45, 7) is 12.0. The lowest BCUT2D eigenvalue weighted by atomic mass is 10.2. The van der Waals surface area contributed by atoms with E-state index in [0.29, 0.717) is 13.2 Å². The first kappa shape index (κ1) is 21.4. The van der Waals surface area contributed by atoms with Crippen molar-refractivity contribution in [2.24, 2.45) is 5.92 Å². The van der Waals surface area contributed by atoms with Crippen LogP contribution in [0, 0.1) is 5.92 Å². The van der Waals surface area contributed by atoms with E-state index in [4.69, 9.17) is 9.05 Å². The van der Waals surface area contributed by atoms with Crippen molar-refractivity contribution >= 4 is 8.25 Å². The molecule has 0 bridgehead atoms. The summed E-state index contributed by atoms with van der Waals surface area (Å²) >= 11 is 0. The van der Waals surface area contributed by atoms with Crippen LogP contribution in [0.3, 0.4) is 0 Å². The molecule has 0 atom stereocenters. The standard InChI is InChI=1S/C10H23O3P.C5H12/c1-3-5-7-9-12-14(11)13-10-8-6-4-2;1-4-5(2)3/h14H,3-10H2,1-2H3;5H,4H2,1-3H3. The normalized spacial score (nSPS) is 10.7. The molecule has 0 radical (unpaired) electrons. The Labute approximate surface area is 121 Å². The second kappa shape index (κ2) is 18.1. The Bertz CT molecular complexity index is 170. The minimum absolute atomic E-state index is 0.569. The molecule has 0 rings (SSSR count). The molecule has 0 saturated carbocycles. The van der Waals surface area contributed by atoms with E-state index in [1.807, 2.05) is 0 Å². The monoisotopic (exact) mass is 294 g/mol. The van der Waals surface area contributed by atoms with Gasteiger partial charge in [-0.3, -0.25) is 4.57 Å². The van der Waals surface area contributed by atoms with E-state index in [0.717, 1.165) is 44.4 Å². The summed E-state index contributed by atoms with van der Waals surface area (Å²) in [6.07, 6.45) is 7.83. The highest BCUT2D eigenvalue weighted by molar-refractivity contribution is 7.33. The van der Waals surface area contributed by atoms with Gasteiger partial charge in [0.05, 0.1) is 13.2 Å². The molecule has 0 heterocycles. The van der Waals surface area contributed by atoms with E-state index in [2.05, 4.69) is 34.6 Å². The fourth-order valence-electron chi connectivity index (χ4n) is 1.06. The average molecular weight is 294 g/mol. The van der Waals surface area contributed by atoms with E-state index < -0.39 is 8.25 Å². The highest BCUT2D eigenvalue weighted by Gasteiger charge is 1.98. The van der Waals surface area contributed by atoms with Gasteiger partial charge in [0.15, 0.2) is 0 Å². The predicted octanol–water partition coefficient (Wildman–Crippen LogP) is 5.84. The second-order valence-electron chi connectivity index (χ2n) is 5.16. The summed E-state index contributed by atoms with van der Waals surface area (Å²) in [5.41, 5.74) is 0. The Balaban J connectivity index is 0. The van der Waals surface area contributed by atoms with Gasteiger partial charge in [-0.05, 0) is 18.8 Å². The van der Waals surface area contributed by atoms with Crippen molar-refractivity contribution in [3.05, 3.63) is 0 Å². The SMILES string of the molecule is CCC(C)C.CCCCCO[PH](=O)OCCCCC. The van der Waals surface area contributed by atoms with Crippen LogP contribution in [0.1, 0.15) is 79.6 Å². The van der Waals surface area contributed by atoms with Gasteiger partial charge in [0, 0.05) is 0 Å². The summed E-state index contributed by atoms with van der Waals surface area (Å²) in [4.78, 5) is 0. The van der Waals surface area contributed by atoms with Gasteiger partial charge in [-0.1, -0.05) is 66.7 Å². The first-order valence-electron chi connectivity index (χ1n) is 7.87. The molecule has 3 nitrogen and oxygen atoms in total. The van der Waals surface area contributed by atoms with Crippen LogP contribution in [0.25, 0.3) is 0 Å². The Morgan fingerprint density at radius 2 is 1.21 bits per heavy atom. The summed E-state index contributed by atoms with van der Waals surface area (Å²) < 4.78 is 21.2. The average Bonchev–Trinajstić information content (AvgIpc) is 2.40. The van der Waals surface area contributed by atoms with Crippen molar-refractivity contribution in [2.75, 3.05) is 13.2 Å². The molecule has 0 fully saturated rings. The lowest BCUT2D eigenvalue weighted by molar-refractivity contribution is 0.219. The zero-order valence-corrected chi connectivity index (χ0v) is 14.7. The summed E-state index contributed by atoms with van der Waals surface area (Å²) in [5.74, 6) is 0.884. The molecular formula is C15H35O3P. The van der Waals surface area contributed by atoms with Crippen LogP contribution in [-0.4, -0.2) is 13.2 Å². The van der Waals surface area contributed by atoms with Crippen molar-refractivity contribution in [3.8, 4) is 0 Å². The van der Waals surface area contributed by atoms with Crippen LogP contribution in [-0.2, 0) is 13.6 Å². The van der Waals surface area contributed by atoms with Gasteiger partial charge in [-0.15, -0.1) is 0 Å². The first-order chi connectivity index (χ1) is 9.08. The van der Waals surface area contributed by atoms with Gasteiger partial charge < -0.3 is 9.05 Å². The maximum atomic E-state index is 11.1. The van der Waals surface area contributed by atoms with Crippen molar-refractivity contribution < 1.29 is 13.6 Å². The van der Waals surface area contributed by atoms with Crippen molar-refractivity contribution in [3.63, 3.8) is 0 Å². The van der Waals surface area contributed by atoms with Gasteiger partial charge in [0.2, 0.25) is 0 Å². The maximum absolute atomic E-state index is 11.1. The molecule has 0 aromatic rings.